The number of aromatic hydroxyl groups is 1. The van der Waals surface area contributed by atoms with Gasteiger partial charge in [0.1, 0.15) is 0 Å². The molecule has 9 heteroatoms. The molecule has 0 saturated heterocycles. The first-order valence-corrected chi connectivity index (χ1v) is 11.7. The average Bonchev–Trinajstić information content (AvgIpc) is 3.00. The van der Waals surface area contributed by atoms with Crippen molar-refractivity contribution in [3.05, 3.63) is 46.5 Å². The number of ether oxygens (including phenoxy) is 1. The summed E-state index contributed by atoms with van der Waals surface area (Å²) in [5.41, 5.74) is 1.38. The number of aromatic nitrogens is 2. The normalized spacial score (nSPS) is 11.8. The fraction of sp³-hybridized carbons (Fsp3) is 0.550. The molecule has 0 fully saturated rings. The predicted molar refractivity (Wildman–Crippen MR) is 111 cm³/mol. The van der Waals surface area contributed by atoms with Gasteiger partial charge in [0, 0.05) is 13.2 Å². The number of nitrogens with zero attached hydrogens (tertiary/aromatic N) is 1. The Morgan fingerprint density at radius 1 is 1.03 bits per heavy atom. The topological polar surface area (TPSA) is 111 Å². The summed E-state index contributed by atoms with van der Waals surface area (Å²) in [6.45, 7) is 1.66. The fourth-order valence-electron chi connectivity index (χ4n) is 2.97. The third-order valence-corrected chi connectivity index (χ3v) is 5.01. The quantitative estimate of drug-likeness (QED) is 0.355. The highest BCUT2D eigenvalue weighted by atomic mass is 32.2. The van der Waals surface area contributed by atoms with Gasteiger partial charge in [-0.2, -0.15) is 8.42 Å². The van der Waals surface area contributed by atoms with Gasteiger partial charge in [0.25, 0.3) is 10.1 Å². The number of imidazole rings is 1. The Bertz CT molecular complexity index is 904. The van der Waals surface area contributed by atoms with Crippen molar-refractivity contribution in [1.82, 2.24) is 9.55 Å². The lowest BCUT2D eigenvalue weighted by Crippen LogP contribution is -2.14. The number of rotatable bonds is 14. The molecule has 162 valence electrons. The van der Waals surface area contributed by atoms with E-state index < -0.39 is 10.1 Å². The second-order valence-corrected chi connectivity index (χ2v) is 8.61. The van der Waals surface area contributed by atoms with Crippen LogP contribution in [0.15, 0.2) is 35.3 Å². The van der Waals surface area contributed by atoms with Crippen molar-refractivity contribution in [3.8, 4) is 11.6 Å². The van der Waals surface area contributed by atoms with Crippen LogP contribution in [-0.4, -0.2) is 49.2 Å². The Kier molecular flexibility index (Phi) is 9.43. The number of hydrogen-bond acceptors (Lipinski definition) is 6. The van der Waals surface area contributed by atoms with E-state index in [1.807, 2.05) is 18.2 Å². The Morgan fingerprint density at radius 2 is 1.72 bits per heavy atom. The molecule has 2 N–H and O–H groups in total. The van der Waals surface area contributed by atoms with Crippen LogP contribution in [-0.2, 0) is 25.5 Å². The molecule has 2 aromatic rings. The van der Waals surface area contributed by atoms with E-state index in [1.165, 1.54) is 10.8 Å². The summed E-state index contributed by atoms with van der Waals surface area (Å²) in [4.78, 5) is 14.2. The number of hydrogen-bond donors (Lipinski definition) is 2. The van der Waals surface area contributed by atoms with Crippen LogP contribution in [0.25, 0.3) is 5.69 Å². The molecule has 0 atom stereocenters. The molecule has 1 heterocycles. The SMILES string of the molecule is CS(=O)(=O)OCCCCCCOCCCCc1cccc(-n2c(O)c[nH]c2=O)c1. The summed E-state index contributed by atoms with van der Waals surface area (Å²) in [5.74, 6) is -0.108. The largest absolute Gasteiger partial charge is 0.493 e. The lowest BCUT2D eigenvalue weighted by molar-refractivity contribution is 0.126. The van der Waals surface area contributed by atoms with E-state index in [-0.39, 0.29) is 18.2 Å². The van der Waals surface area contributed by atoms with E-state index in [4.69, 9.17) is 4.74 Å². The molecule has 0 amide bonds. The van der Waals surface area contributed by atoms with Crippen LogP contribution in [0.2, 0.25) is 0 Å². The molecule has 0 bridgehead atoms. The maximum absolute atomic E-state index is 11.8. The zero-order valence-corrected chi connectivity index (χ0v) is 17.6. The minimum atomic E-state index is -3.32. The summed E-state index contributed by atoms with van der Waals surface area (Å²) in [6, 6.07) is 7.58. The smallest absolute Gasteiger partial charge is 0.333 e. The standard InChI is InChI=1S/C20H30N2O6S/c1-29(25,26)28-14-6-3-2-5-12-27-13-7-4-9-17-10-8-11-18(15-17)22-19(23)16-21-20(22)24/h8,10-11,15-16,23H,2-7,9,12-14H2,1H3,(H,21,24). The second-order valence-electron chi connectivity index (χ2n) is 6.97. The van der Waals surface area contributed by atoms with Crippen LogP contribution in [0.3, 0.4) is 0 Å². The lowest BCUT2D eigenvalue weighted by atomic mass is 10.1. The van der Waals surface area contributed by atoms with E-state index in [2.05, 4.69) is 9.17 Å². The van der Waals surface area contributed by atoms with Crippen LogP contribution in [0, 0.1) is 0 Å². The minimum absolute atomic E-state index is 0.108. The number of unbranched alkanes of at least 4 members (excludes halogenated alkanes) is 4. The van der Waals surface area contributed by atoms with E-state index in [1.54, 1.807) is 6.07 Å². The molecule has 1 aromatic heterocycles. The van der Waals surface area contributed by atoms with Crippen molar-refractivity contribution in [2.45, 2.75) is 44.9 Å². The fourth-order valence-corrected chi connectivity index (χ4v) is 3.39. The van der Waals surface area contributed by atoms with Gasteiger partial charge in [0.15, 0.2) is 0 Å². The summed E-state index contributed by atoms with van der Waals surface area (Å²) < 4.78 is 33.2. The molecule has 8 nitrogen and oxygen atoms in total. The van der Waals surface area contributed by atoms with Crippen molar-refractivity contribution < 1.29 is 22.4 Å². The molecule has 1 aromatic carbocycles. The van der Waals surface area contributed by atoms with Gasteiger partial charge in [-0.05, 0) is 49.8 Å². The van der Waals surface area contributed by atoms with E-state index >= 15 is 0 Å². The van der Waals surface area contributed by atoms with Gasteiger partial charge >= 0.3 is 5.69 Å². The Labute approximate surface area is 171 Å². The van der Waals surface area contributed by atoms with Crippen LogP contribution < -0.4 is 5.69 Å². The summed E-state index contributed by atoms with van der Waals surface area (Å²) in [7, 11) is -3.32. The zero-order chi connectivity index (χ0) is 21.1. The highest BCUT2D eigenvalue weighted by Crippen LogP contribution is 2.16. The molecular weight excluding hydrogens is 396 g/mol. The Hall–Kier alpha value is -2.10. The predicted octanol–water partition coefficient (Wildman–Crippen LogP) is 2.75. The van der Waals surface area contributed by atoms with E-state index in [0.29, 0.717) is 18.9 Å². The molecular formula is C20H30N2O6S. The number of aromatic amines is 1. The molecule has 0 aliphatic heterocycles. The Balaban J connectivity index is 1.54. The van der Waals surface area contributed by atoms with Crippen molar-refractivity contribution >= 4 is 10.1 Å². The maximum Gasteiger partial charge on any atom is 0.333 e. The molecule has 0 saturated carbocycles. The molecule has 2 rings (SSSR count). The van der Waals surface area contributed by atoms with Crippen LogP contribution in [0.5, 0.6) is 5.88 Å². The van der Waals surface area contributed by atoms with Crippen molar-refractivity contribution in [2.24, 2.45) is 0 Å². The van der Waals surface area contributed by atoms with Gasteiger partial charge in [-0.1, -0.05) is 25.0 Å². The van der Waals surface area contributed by atoms with Crippen molar-refractivity contribution in [1.29, 1.82) is 0 Å². The molecule has 0 aliphatic carbocycles. The molecule has 0 spiro atoms. The van der Waals surface area contributed by atoms with E-state index in [0.717, 1.165) is 56.8 Å². The molecule has 29 heavy (non-hydrogen) atoms. The first kappa shape index (κ1) is 23.2. The van der Waals surface area contributed by atoms with Gasteiger partial charge in [-0.15, -0.1) is 0 Å². The van der Waals surface area contributed by atoms with Crippen LogP contribution >= 0.6 is 0 Å². The van der Waals surface area contributed by atoms with Gasteiger partial charge in [0.05, 0.1) is 24.7 Å². The van der Waals surface area contributed by atoms with Crippen LogP contribution in [0.4, 0.5) is 0 Å². The summed E-state index contributed by atoms with van der Waals surface area (Å²) >= 11 is 0. The first-order chi connectivity index (χ1) is 13.9. The van der Waals surface area contributed by atoms with Crippen LogP contribution in [0.1, 0.15) is 44.1 Å². The van der Waals surface area contributed by atoms with Gasteiger partial charge in [0.2, 0.25) is 5.88 Å². The van der Waals surface area contributed by atoms with E-state index in [9.17, 15) is 18.3 Å². The Morgan fingerprint density at radius 3 is 2.38 bits per heavy atom. The lowest BCUT2D eigenvalue weighted by Gasteiger charge is -2.07. The second kappa shape index (κ2) is 11.8. The summed E-state index contributed by atoms with van der Waals surface area (Å²) in [5, 5.41) is 9.77. The minimum Gasteiger partial charge on any atom is -0.493 e. The number of nitrogens with one attached hydrogen (secondary N) is 1. The van der Waals surface area contributed by atoms with Crippen molar-refractivity contribution in [3.63, 3.8) is 0 Å². The van der Waals surface area contributed by atoms with Gasteiger partial charge in [-0.3, -0.25) is 4.18 Å². The first-order valence-electron chi connectivity index (χ1n) is 9.88. The number of aryl methyl sites for hydroxylation is 1. The average molecular weight is 427 g/mol. The number of H-pyrrole nitrogens is 1. The summed E-state index contributed by atoms with van der Waals surface area (Å²) in [6.07, 6.45) is 8.73. The molecule has 0 aliphatic rings. The monoisotopic (exact) mass is 426 g/mol. The molecule has 0 radical (unpaired) electrons. The highest BCUT2D eigenvalue weighted by molar-refractivity contribution is 7.85. The zero-order valence-electron chi connectivity index (χ0n) is 16.8. The molecule has 0 unspecified atom stereocenters. The maximum atomic E-state index is 11.8. The third kappa shape index (κ3) is 8.84. The van der Waals surface area contributed by atoms with Crippen molar-refractivity contribution in [2.75, 3.05) is 26.1 Å². The van der Waals surface area contributed by atoms with Gasteiger partial charge < -0.3 is 14.8 Å². The highest BCUT2D eigenvalue weighted by Gasteiger charge is 2.07. The number of benzene rings is 1. The van der Waals surface area contributed by atoms with Gasteiger partial charge in [-0.25, -0.2) is 9.36 Å². The third-order valence-electron chi connectivity index (χ3n) is 4.41.